The van der Waals surface area contributed by atoms with Crippen LogP contribution in [0.25, 0.3) is 22.8 Å². The lowest BCUT2D eigenvalue weighted by Gasteiger charge is -2.13. The van der Waals surface area contributed by atoms with E-state index in [1.807, 2.05) is 37.4 Å². The molecule has 0 N–H and O–H groups in total. The molecule has 4 aromatic rings. The van der Waals surface area contributed by atoms with Crippen molar-refractivity contribution in [2.24, 2.45) is 7.05 Å². The molecule has 4 heteroatoms. The first-order chi connectivity index (χ1) is 13.5. The molecule has 0 radical (unpaired) electrons. The number of aromatic nitrogens is 3. The maximum absolute atomic E-state index is 9.35. The van der Waals surface area contributed by atoms with Gasteiger partial charge in [0.1, 0.15) is 18.1 Å². The van der Waals surface area contributed by atoms with Crippen molar-refractivity contribution >= 4 is 0 Å². The van der Waals surface area contributed by atoms with Crippen LogP contribution in [0.2, 0.25) is 0 Å². The summed E-state index contributed by atoms with van der Waals surface area (Å²) in [4.78, 5) is 0. The number of nitriles is 1. The van der Waals surface area contributed by atoms with Crippen LogP contribution in [0.3, 0.4) is 0 Å². The first kappa shape index (κ1) is 17.8. The number of nitrogens with zero attached hydrogens (tertiary/aromatic N) is 4. The monoisotopic (exact) mass is 367 g/mol. The Bertz CT molecular complexity index is 1180. The van der Waals surface area contributed by atoms with Gasteiger partial charge in [0.05, 0.1) is 24.2 Å². The van der Waals surface area contributed by atoms with Gasteiger partial charge in [0.15, 0.2) is 0 Å². The van der Waals surface area contributed by atoms with Gasteiger partial charge in [0.25, 0.3) is 5.82 Å². The van der Waals surface area contributed by atoms with Crippen molar-refractivity contribution in [2.45, 2.75) is 20.8 Å². The summed E-state index contributed by atoms with van der Waals surface area (Å²) in [6.07, 6.45) is 8.28. The third kappa shape index (κ3) is 2.91. The predicted molar refractivity (Wildman–Crippen MR) is 111 cm³/mol. The predicted octanol–water partition coefficient (Wildman–Crippen LogP) is 4.56. The summed E-state index contributed by atoms with van der Waals surface area (Å²) in [6, 6.07) is 16.6. The van der Waals surface area contributed by atoms with Gasteiger partial charge in [0, 0.05) is 18.1 Å². The molecule has 4 nitrogen and oxygen atoms in total. The second kappa shape index (κ2) is 6.86. The van der Waals surface area contributed by atoms with Gasteiger partial charge in [-0.05, 0) is 73.9 Å². The minimum Gasteiger partial charge on any atom is -0.324 e. The van der Waals surface area contributed by atoms with Gasteiger partial charge in [0.2, 0.25) is 0 Å². The third-order valence-corrected chi connectivity index (χ3v) is 5.23. The Morgan fingerprint density at radius 1 is 0.893 bits per heavy atom. The number of rotatable bonds is 3. The molecule has 2 aromatic carbocycles. The van der Waals surface area contributed by atoms with Gasteiger partial charge in [-0.15, -0.1) is 0 Å². The molecule has 28 heavy (non-hydrogen) atoms. The fourth-order valence-corrected chi connectivity index (χ4v) is 3.88. The van der Waals surface area contributed by atoms with Crippen molar-refractivity contribution in [3.8, 4) is 28.8 Å². The molecule has 0 saturated heterocycles. The smallest absolute Gasteiger partial charge is 0.294 e. The van der Waals surface area contributed by atoms with E-state index >= 15 is 0 Å². The average Bonchev–Trinajstić information content (AvgIpc) is 3.32. The van der Waals surface area contributed by atoms with Crippen LogP contribution in [0.15, 0.2) is 67.3 Å². The third-order valence-electron chi connectivity index (χ3n) is 5.23. The Labute approximate surface area is 165 Å². The van der Waals surface area contributed by atoms with Crippen molar-refractivity contribution < 1.29 is 4.57 Å². The van der Waals surface area contributed by atoms with Crippen LogP contribution in [0.4, 0.5) is 0 Å². The van der Waals surface area contributed by atoms with Gasteiger partial charge >= 0.3 is 0 Å². The average molecular weight is 367 g/mol. The Kier molecular flexibility index (Phi) is 4.37. The van der Waals surface area contributed by atoms with E-state index in [2.05, 4.69) is 77.5 Å². The summed E-state index contributed by atoms with van der Waals surface area (Å²) in [5.74, 6) is 1.06. The topological polar surface area (TPSA) is 37.5 Å². The Morgan fingerprint density at radius 3 is 2.21 bits per heavy atom. The molecule has 0 bridgehead atoms. The maximum atomic E-state index is 9.35. The van der Waals surface area contributed by atoms with Gasteiger partial charge in [-0.1, -0.05) is 6.07 Å². The van der Waals surface area contributed by atoms with E-state index in [1.54, 1.807) is 0 Å². The molecule has 0 aliphatic carbocycles. The van der Waals surface area contributed by atoms with E-state index in [4.69, 9.17) is 0 Å². The second-order valence-electron chi connectivity index (χ2n) is 7.26. The van der Waals surface area contributed by atoms with Gasteiger partial charge in [-0.2, -0.15) is 9.83 Å². The standard InChI is InChI=1S/C24H23N4/c1-17-7-8-20(16-25)15-22(17)24-26(4)11-12-28(24)23-18(2)13-21(14-19(23)3)27-9-5-6-10-27/h5-15H,1-4H3/q+1. The zero-order valence-corrected chi connectivity index (χ0v) is 16.6. The molecule has 0 unspecified atom stereocenters. The Balaban J connectivity index is 1.93. The molecular weight excluding hydrogens is 344 g/mol. The van der Waals surface area contributed by atoms with E-state index in [0.717, 1.165) is 22.6 Å². The molecule has 0 saturated carbocycles. The lowest BCUT2D eigenvalue weighted by molar-refractivity contribution is -0.659. The lowest BCUT2D eigenvalue weighted by Crippen LogP contribution is -2.29. The fraction of sp³-hybridized carbons (Fsp3) is 0.167. The first-order valence-electron chi connectivity index (χ1n) is 9.32. The summed E-state index contributed by atoms with van der Waals surface area (Å²) in [5.41, 5.74) is 7.63. The number of imidazole rings is 1. The normalized spacial score (nSPS) is 10.8. The summed E-state index contributed by atoms with van der Waals surface area (Å²) in [7, 11) is 2.04. The highest BCUT2D eigenvalue weighted by Crippen LogP contribution is 2.29. The van der Waals surface area contributed by atoms with E-state index in [0.29, 0.717) is 5.56 Å². The van der Waals surface area contributed by atoms with Gasteiger partial charge < -0.3 is 4.57 Å². The van der Waals surface area contributed by atoms with Crippen molar-refractivity contribution in [3.63, 3.8) is 0 Å². The molecule has 2 heterocycles. The highest BCUT2D eigenvalue weighted by atomic mass is 15.1. The number of hydrogen-bond donors (Lipinski definition) is 0. The maximum Gasteiger partial charge on any atom is 0.294 e. The van der Waals surface area contributed by atoms with E-state index in [9.17, 15) is 5.26 Å². The van der Waals surface area contributed by atoms with Crippen LogP contribution >= 0.6 is 0 Å². The highest BCUT2D eigenvalue weighted by Gasteiger charge is 2.24. The van der Waals surface area contributed by atoms with Crippen LogP contribution in [0.1, 0.15) is 22.3 Å². The molecule has 0 aliphatic rings. The van der Waals surface area contributed by atoms with E-state index < -0.39 is 0 Å². The molecule has 4 rings (SSSR count). The summed E-state index contributed by atoms with van der Waals surface area (Å²) in [5, 5.41) is 9.35. The number of hydrogen-bond acceptors (Lipinski definition) is 1. The molecule has 0 aliphatic heterocycles. The molecule has 0 spiro atoms. The Hall–Kier alpha value is -3.58. The zero-order valence-electron chi connectivity index (χ0n) is 16.6. The lowest BCUT2D eigenvalue weighted by atomic mass is 10.0. The number of aryl methyl sites for hydroxylation is 4. The number of benzene rings is 2. The van der Waals surface area contributed by atoms with Crippen LogP contribution in [0, 0.1) is 32.1 Å². The summed E-state index contributed by atoms with van der Waals surface area (Å²) in [6.45, 7) is 6.39. The zero-order chi connectivity index (χ0) is 19.8. The minimum atomic E-state index is 0.671. The van der Waals surface area contributed by atoms with Gasteiger partial charge in [-0.25, -0.2) is 4.57 Å². The van der Waals surface area contributed by atoms with Crippen molar-refractivity contribution in [1.82, 2.24) is 9.13 Å². The molecule has 2 aromatic heterocycles. The minimum absolute atomic E-state index is 0.671. The summed E-state index contributed by atoms with van der Waals surface area (Å²) < 4.78 is 6.47. The Morgan fingerprint density at radius 2 is 1.57 bits per heavy atom. The van der Waals surface area contributed by atoms with E-state index in [-0.39, 0.29) is 0 Å². The van der Waals surface area contributed by atoms with Crippen LogP contribution < -0.4 is 4.57 Å². The molecular formula is C24H23N4+. The molecule has 0 amide bonds. The van der Waals surface area contributed by atoms with Crippen LogP contribution in [-0.2, 0) is 7.05 Å². The highest BCUT2D eigenvalue weighted by molar-refractivity contribution is 5.65. The van der Waals surface area contributed by atoms with Crippen LogP contribution in [0.5, 0.6) is 0 Å². The first-order valence-corrected chi connectivity index (χ1v) is 9.32. The SMILES string of the molecule is Cc1ccc(C#N)cc1-c1n(-c2c(C)cc(-n3cccc3)cc2C)cc[n+]1C. The molecule has 0 fully saturated rings. The quantitative estimate of drug-likeness (QED) is 0.489. The van der Waals surface area contributed by atoms with Crippen molar-refractivity contribution in [3.05, 3.63) is 89.5 Å². The van der Waals surface area contributed by atoms with Crippen molar-refractivity contribution in [1.29, 1.82) is 5.26 Å². The second-order valence-corrected chi connectivity index (χ2v) is 7.26. The van der Waals surface area contributed by atoms with Gasteiger partial charge in [-0.3, -0.25) is 0 Å². The fourth-order valence-electron chi connectivity index (χ4n) is 3.88. The molecule has 138 valence electrons. The largest absolute Gasteiger partial charge is 0.324 e. The van der Waals surface area contributed by atoms with Crippen LogP contribution in [-0.4, -0.2) is 9.13 Å². The van der Waals surface area contributed by atoms with Crippen molar-refractivity contribution in [2.75, 3.05) is 0 Å². The molecule has 0 atom stereocenters. The van der Waals surface area contributed by atoms with E-state index in [1.165, 1.54) is 16.8 Å². The summed E-state index contributed by atoms with van der Waals surface area (Å²) >= 11 is 0.